The molecule has 1 atom stereocenters. The van der Waals surface area contributed by atoms with Crippen LogP contribution in [0.15, 0.2) is 42.5 Å². The van der Waals surface area contributed by atoms with Crippen LogP contribution in [0.5, 0.6) is 17.2 Å². The van der Waals surface area contributed by atoms with Crippen LogP contribution in [0.2, 0.25) is 0 Å². The molecule has 2 aromatic carbocycles. The molecule has 8 heteroatoms. The third kappa shape index (κ3) is 4.29. The fraction of sp³-hybridized carbons (Fsp3) is 0.440. The summed E-state index contributed by atoms with van der Waals surface area (Å²) in [5.74, 6) is 1.90. The summed E-state index contributed by atoms with van der Waals surface area (Å²) < 4.78 is 17.0. The number of benzene rings is 2. The predicted octanol–water partition coefficient (Wildman–Crippen LogP) is 2.56. The zero-order chi connectivity index (χ0) is 22.8. The number of carbonyl (C=O) groups excluding carboxylic acids is 2. The number of fused-ring (bicyclic) bond motifs is 1. The van der Waals surface area contributed by atoms with E-state index < -0.39 is 0 Å². The van der Waals surface area contributed by atoms with Gasteiger partial charge in [-0.25, -0.2) is 0 Å². The van der Waals surface area contributed by atoms with Gasteiger partial charge in [-0.15, -0.1) is 0 Å². The van der Waals surface area contributed by atoms with E-state index in [-0.39, 0.29) is 24.2 Å². The maximum atomic E-state index is 13.2. The lowest BCUT2D eigenvalue weighted by atomic mass is 10.1. The standard InChI is InChI=1S/C25H29N3O5/c1-2-31-21-6-4-3-5-20(21)26-9-11-27(12-10-26)25(30)18-15-24(29)28(17-18)19-7-8-22-23(16-19)33-14-13-32-22/h3-8,16,18H,2,9-15,17H2,1H3/t18-/m0/s1. The molecule has 0 radical (unpaired) electrons. The normalized spacial score (nSPS) is 20.2. The second-order valence-electron chi connectivity index (χ2n) is 8.45. The first kappa shape index (κ1) is 21.4. The Kier molecular flexibility index (Phi) is 5.98. The lowest BCUT2D eigenvalue weighted by Gasteiger charge is -2.37. The van der Waals surface area contributed by atoms with Crippen LogP contribution in [0, 0.1) is 5.92 Å². The third-order valence-corrected chi connectivity index (χ3v) is 6.41. The molecule has 0 N–H and O–H groups in total. The lowest BCUT2D eigenvalue weighted by Crippen LogP contribution is -2.50. The second-order valence-corrected chi connectivity index (χ2v) is 8.45. The Morgan fingerprint density at radius 2 is 1.79 bits per heavy atom. The molecule has 3 heterocycles. The van der Waals surface area contributed by atoms with Crippen molar-refractivity contribution in [1.82, 2.24) is 4.90 Å². The van der Waals surface area contributed by atoms with Crippen molar-refractivity contribution < 1.29 is 23.8 Å². The number of para-hydroxylation sites is 2. The highest BCUT2D eigenvalue weighted by atomic mass is 16.6. The number of rotatable bonds is 5. The molecule has 8 nitrogen and oxygen atoms in total. The van der Waals surface area contributed by atoms with Crippen LogP contribution in [0.1, 0.15) is 13.3 Å². The molecule has 174 valence electrons. The van der Waals surface area contributed by atoms with E-state index in [0.717, 1.165) is 30.2 Å². The second kappa shape index (κ2) is 9.21. The van der Waals surface area contributed by atoms with E-state index in [1.54, 1.807) is 4.90 Å². The van der Waals surface area contributed by atoms with Crippen LogP contribution in [-0.2, 0) is 9.59 Å². The van der Waals surface area contributed by atoms with E-state index in [1.807, 2.05) is 48.2 Å². The molecule has 0 spiro atoms. The van der Waals surface area contributed by atoms with E-state index in [1.165, 1.54) is 0 Å². The van der Waals surface area contributed by atoms with Crippen LogP contribution in [-0.4, -0.2) is 69.3 Å². The van der Waals surface area contributed by atoms with Gasteiger partial charge in [-0.2, -0.15) is 0 Å². The van der Waals surface area contributed by atoms with Gasteiger partial charge in [0.2, 0.25) is 11.8 Å². The topological polar surface area (TPSA) is 71.6 Å². The van der Waals surface area contributed by atoms with E-state index in [2.05, 4.69) is 11.0 Å². The average molecular weight is 452 g/mol. The highest BCUT2D eigenvalue weighted by molar-refractivity contribution is 6.00. The minimum atomic E-state index is -0.326. The summed E-state index contributed by atoms with van der Waals surface area (Å²) >= 11 is 0. The van der Waals surface area contributed by atoms with Gasteiger partial charge in [0, 0.05) is 50.9 Å². The summed E-state index contributed by atoms with van der Waals surface area (Å²) in [6.45, 7) is 6.75. The Morgan fingerprint density at radius 3 is 2.58 bits per heavy atom. The van der Waals surface area contributed by atoms with E-state index in [4.69, 9.17) is 14.2 Å². The van der Waals surface area contributed by atoms with Gasteiger partial charge in [0.25, 0.3) is 0 Å². The number of piperazine rings is 1. The van der Waals surface area contributed by atoms with Gasteiger partial charge >= 0.3 is 0 Å². The van der Waals surface area contributed by atoms with Crippen molar-refractivity contribution in [2.75, 3.05) is 62.3 Å². The molecule has 0 aromatic heterocycles. The van der Waals surface area contributed by atoms with Crippen LogP contribution < -0.4 is 24.0 Å². The highest BCUT2D eigenvalue weighted by Crippen LogP contribution is 2.36. The van der Waals surface area contributed by atoms with Gasteiger partial charge in [0.05, 0.1) is 18.2 Å². The van der Waals surface area contributed by atoms with E-state index >= 15 is 0 Å². The molecule has 3 aliphatic rings. The Bertz CT molecular complexity index is 1030. The molecule has 0 unspecified atom stereocenters. The molecule has 3 aliphatic heterocycles. The first-order valence-corrected chi connectivity index (χ1v) is 11.6. The highest BCUT2D eigenvalue weighted by Gasteiger charge is 2.38. The monoisotopic (exact) mass is 451 g/mol. The molecule has 0 aliphatic carbocycles. The van der Waals surface area contributed by atoms with Crippen LogP contribution in [0.25, 0.3) is 0 Å². The van der Waals surface area contributed by atoms with Crippen molar-refractivity contribution in [3.63, 3.8) is 0 Å². The predicted molar refractivity (Wildman–Crippen MR) is 124 cm³/mol. The van der Waals surface area contributed by atoms with Crippen LogP contribution >= 0.6 is 0 Å². The van der Waals surface area contributed by atoms with Crippen LogP contribution in [0.3, 0.4) is 0 Å². The molecule has 0 bridgehead atoms. The minimum Gasteiger partial charge on any atom is -0.492 e. The van der Waals surface area contributed by atoms with Gasteiger partial charge in [-0.1, -0.05) is 12.1 Å². The number of amides is 2. The first-order chi connectivity index (χ1) is 16.1. The van der Waals surface area contributed by atoms with E-state index in [0.29, 0.717) is 51.0 Å². The SMILES string of the molecule is CCOc1ccccc1N1CCN(C(=O)[C@H]2CC(=O)N(c3ccc4c(c3)OCCO4)C2)CC1. The molecule has 2 saturated heterocycles. The molecule has 2 aromatic rings. The molecule has 5 rings (SSSR count). The Labute approximate surface area is 193 Å². The quantitative estimate of drug-likeness (QED) is 0.696. The van der Waals surface area contributed by atoms with Crippen molar-refractivity contribution in [3.05, 3.63) is 42.5 Å². The van der Waals surface area contributed by atoms with Crippen LogP contribution in [0.4, 0.5) is 11.4 Å². The number of ether oxygens (including phenoxy) is 3. The molecule has 2 fully saturated rings. The maximum Gasteiger partial charge on any atom is 0.228 e. The summed E-state index contributed by atoms with van der Waals surface area (Å²) in [5, 5.41) is 0. The minimum absolute atomic E-state index is 0.0331. The molecular formula is C25H29N3O5. The Balaban J connectivity index is 1.21. The fourth-order valence-corrected chi connectivity index (χ4v) is 4.74. The van der Waals surface area contributed by atoms with Crippen molar-refractivity contribution in [3.8, 4) is 17.2 Å². The summed E-state index contributed by atoms with van der Waals surface area (Å²) in [5.41, 5.74) is 1.81. The van der Waals surface area contributed by atoms with E-state index in [9.17, 15) is 9.59 Å². The summed E-state index contributed by atoms with van der Waals surface area (Å²) in [7, 11) is 0. The van der Waals surface area contributed by atoms with Crippen molar-refractivity contribution >= 4 is 23.2 Å². The zero-order valence-corrected chi connectivity index (χ0v) is 18.9. The molecular weight excluding hydrogens is 422 g/mol. The van der Waals surface area contributed by atoms with Crippen molar-refractivity contribution in [1.29, 1.82) is 0 Å². The summed E-state index contributed by atoms with van der Waals surface area (Å²) in [6.07, 6.45) is 0.237. The van der Waals surface area contributed by atoms with Gasteiger partial charge in [-0.05, 0) is 31.2 Å². The average Bonchev–Trinajstić information content (AvgIpc) is 3.25. The van der Waals surface area contributed by atoms with Crippen molar-refractivity contribution in [2.45, 2.75) is 13.3 Å². The number of nitrogens with zero attached hydrogens (tertiary/aromatic N) is 3. The third-order valence-electron chi connectivity index (χ3n) is 6.41. The summed E-state index contributed by atoms with van der Waals surface area (Å²) in [4.78, 5) is 31.8. The number of hydrogen-bond acceptors (Lipinski definition) is 6. The fourth-order valence-electron chi connectivity index (χ4n) is 4.74. The molecule has 33 heavy (non-hydrogen) atoms. The first-order valence-electron chi connectivity index (χ1n) is 11.6. The van der Waals surface area contributed by atoms with Crippen molar-refractivity contribution in [2.24, 2.45) is 5.92 Å². The number of hydrogen-bond donors (Lipinski definition) is 0. The Morgan fingerprint density at radius 1 is 1.03 bits per heavy atom. The number of anilines is 2. The van der Waals surface area contributed by atoms with Gasteiger partial charge < -0.3 is 28.9 Å². The van der Waals surface area contributed by atoms with Gasteiger partial charge in [0.1, 0.15) is 19.0 Å². The maximum absolute atomic E-state index is 13.2. The largest absolute Gasteiger partial charge is 0.492 e. The van der Waals surface area contributed by atoms with Gasteiger partial charge in [-0.3, -0.25) is 9.59 Å². The zero-order valence-electron chi connectivity index (χ0n) is 18.9. The summed E-state index contributed by atoms with van der Waals surface area (Å²) in [6, 6.07) is 13.5. The van der Waals surface area contributed by atoms with Gasteiger partial charge in [0.15, 0.2) is 11.5 Å². The smallest absolute Gasteiger partial charge is 0.228 e. The molecule has 2 amide bonds. The molecule has 0 saturated carbocycles. The Hall–Kier alpha value is -3.42. The number of carbonyl (C=O) groups is 2. The lowest BCUT2D eigenvalue weighted by molar-refractivity contribution is -0.136.